The quantitative estimate of drug-likeness (QED) is 0.584. The van der Waals surface area contributed by atoms with Gasteiger partial charge in [0.25, 0.3) is 11.8 Å². The van der Waals surface area contributed by atoms with Crippen LogP contribution >= 0.6 is 0 Å². The van der Waals surface area contributed by atoms with E-state index in [9.17, 15) is 14.4 Å². The molecule has 4 amide bonds. The van der Waals surface area contributed by atoms with Crippen LogP contribution in [-0.4, -0.2) is 45.6 Å². The Morgan fingerprint density at radius 3 is 2.41 bits per heavy atom. The standard InChI is InChI=1S/C26H29N5O3/c1-16(2)26(24(33)27-25(34)28-26)20-7-5-18(6-8-20)23(32)30-12-10-21(11-13-30)31-15-19-14-17(3)4-9-22(19)29-31/h4-9,14-16,21H,10-13H2,1-3H3,(H2,27,28,33,34)/t26-/m1/s1. The number of aryl methyl sites for hydroxylation is 1. The number of rotatable bonds is 4. The van der Waals surface area contributed by atoms with E-state index < -0.39 is 11.6 Å². The summed E-state index contributed by atoms with van der Waals surface area (Å²) in [4.78, 5) is 39.4. The Balaban J connectivity index is 1.27. The number of likely N-dealkylation sites (tertiary alicyclic amines) is 1. The smallest absolute Gasteiger partial charge is 0.322 e. The number of amides is 4. The first-order chi connectivity index (χ1) is 16.3. The Bertz CT molecular complexity index is 1270. The summed E-state index contributed by atoms with van der Waals surface area (Å²) < 4.78 is 2.05. The lowest BCUT2D eigenvalue weighted by atomic mass is 9.79. The summed E-state index contributed by atoms with van der Waals surface area (Å²) in [5.41, 5.74) is 2.33. The number of hydrogen-bond acceptors (Lipinski definition) is 4. The number of fused-ring (bicyclic) bond motifs is 1. The lowest BCUT2D eigenvalue weighted by molar-refractivity contribution is -0.125. The van der Waals surface area contributed by atoms with Crippen LogP contribution in [0.5, 0.6) is 0 Å². The Hall–Kier alpha value is -3.68. The fourth-order valence-corrected chi connectivity index (χ4v) is 5.15. The van der Waals surface area contributed by atoms with Gasteiger partial charge in [-0.2, -0.15) is 5.10 Å². The van der Waals surface area contributed by atoms with E-state index in [1.165, 1.54) is 5.56 Å². The molecule has 2 N–H and O–H groups in total. The molecule has 2 aliphatic heterocycles. The third kappa shape index (κ3) is 3.63. The molecular formula is C26H29N5O3. The van der Waals surface area contributed by atoms with Gasteiger partial charge in [-0.3, -0.25) is 19.6 Å². The molecule has 1 atom stereocenters. The van der Waals surface area contributed by atoms with Crippen LogP contribution in [0.15, 0.2) is 48.7 Å². The molecule has 176 valence electrons. The van der Waals surface area contributed by atoms with Crippen molar-refractivity contribution < 1.29 is 14.4 Å². The third-order valence-corrected chi connectivity index (χ3v) is 7.15. The monoisotopic (exact) mass is 459 g/mol. The van der Waals surface area contributed by atoms with E-state index in [0.29, 0.717) is 24.2 Å². The molecule has 34 heavy (non-hydrogen) atoms. The number of hydrogen-bond donors (Lipinski definition) is 2. The van der Waals surface area contributed by atoms with Crippen molar-refractivity contribution in [3.05, 3.63) is 65.4 Å². The molecule has 0 aliphatic carbocycles. The Morgan fingerprint density at radius 1 is 1.09 bits per heavy atom. The van der Waals surface area contributed by atoms with E-state index in [1.54, 1.807) is 24.3 Å². The molecule has 0 unspecified atom stereocenters. The number of nitrogens with zero attached hydrogens (tertiary/aromatic N) is 3. The summed E-state index contributed by atoms with van der Waals surface area (Å²) in [6, 6.07) is 13.1. The maximum Gasteiger partial charge on any atom is 0.322 e. The van der Waals surface area contributed by atoms with Crippen molar-refractivity contribution in [1.29, 1.82) is 0 Å². The molecule has 3 aromatic rings. The van der Waals surface area contributed by atoms with Gasteiger partial charge in [-0.25, -0.2) is 4.79 Å². The van der Waals surface area contributed by atoms with Crippen LogP contribution in [0.25, 0.3) is 10.9 Å². The minimum atomic E-state index is -1.12. The van der Waals surface area contributed by atoms with Crippen LogP contribution in [0.1, 0.15) is 54.2 Å². The van der Waals surface area contributed by atoms with Crippen molar-refractivity contribution in [1.82, 2.24) is 25.3 Å². The molecule has 2 aliphatic rings. The van der Waals surface area contributed by atoms with E-state index in [4.69, 9.17) is 5.10 Å². The van der Waals surface area contributed by atoms with Gasteiger partial charge >= 0.3 is 6.03 Å². The molecule has 8 nitrogen and oxygen atoms in total. The minimum absolute atomic E-state index is 0.0234. The Kier molecular flexibility index (Phi) is 5.38. The molecule has 0 bridgehead atoms. The van der Waals surface area contributed by atoms with Gasteiger partial charge in [0, 0.05) is 30.2 Å². The summed E-state index contributed by atoms with van der Waals surface area (Å²) >= 11 is 0. The number of carbonyl (C=O) groups excluding carboxylic acids is 3. The summed E-state index contributed by atoms with van der Waals surface area (Å²) in [7, 11) is 0. The average Bonchev–Trinajstić information content (AvgIpc) is 3.39. The number of aromatic nitrogens is 2. The highest BCUT2D eigenvalue weighted by molar-refractivity contribution is 6.07. The SMILES string of the molecule is Cc1ccc2nn(C3CCN(C(=O)c4ccc([C@@]5(C(C)C)NC(=O)NC5=O)cc4)CC3)cc2c1. The molecule has 0 saturated carbocycles. The summed E-state index contributed by atoms with van der Waals surface area (Å²) in [5.74, 6) is -0.540. The van der Waals surface area contributed by atoms with E-state index in [2.05, 4.69) is 35.9 Å². The van der Waals surface area contributed by atoms with E-state index in [-0.39, 0.29) is 23.8 Å². The van der Waals surface area contributed by atoms with Crippen molar-refractivity contribution >= 4 is 28.7 Å². The zero-order chi connectivity index (χ0) is 24.0. The van der Waals surface area contributed by atoms with Crippen molar-refractivity contribution in [3.8, 4) is 0 Å². The normalized spacial score (nSPS) is 21.2. The maximum absolute atomic E-state index is 13.1. The minimum Gasteiger partial charge on any atom is -0.338 e. The van der Waals surface area contributed by atoms with Crippen LogP contribution in [0, 0.1) is 12.8 Å². The molecular weight excluding hydrogens is 430 g/mol. The Labute approximate surface area is 198 Å². The molecule has 5 rings (SSSR count). The molecule has 2 saturated heterocycles. The second-order valence-corrected chi connectivity index (χ2v) is 9.64. The van der Waals surface area contributed by atoms with E-state index >= 15 is 0 Å². The summed E-state index contributed by atoms with van der Waals surface area (Å²) in [5, 5.41) is 11.0. The van der Waals surface area contributed by atoms with Gasteiger partial charge in [0.2, 0.25) is 0 Å². The fourth-order valence-electron chi connectivity index (χ4n) is 5.15. The Morgan fingerprint density at radius 2 is 1.79 bits per heavy atom. The number of nitrogens with one attached hydrogen (secondary N) is 2. The predicted octanol–water partition coefficient (Wildman–Crippen LogP) is 3.51. The first-order valence-electron chi connectivity index (χ1n) is 11.8. The van der Waals surface area contributed by atoms with Gasteiger partial charge in [-0.05, 0) is 55.5 Å². The fraction of sp³-hybridized carbons (Fsp3) is 0.385. The van der Waals surface area contributed by atoms with Gasteiger partial charge < -0.3 is 10.2 Å². The lowest BCUT2D eigenvalue weighted by Crippen LogP contribution is -2.48. The van der Waals surface area contributed by atoms with Crippen LogP contribution in [0.3, 0.4) is 0 Å². The molecule has 8 heteroatoms. The highest BCUT2D eigenvalue weighted by Gasteiger charge is 2.50. The van der Waals surface area contributed by atoms with Gasteiger partial charge in [0.15, 0.2) is 0 Å². The van der Waals surface area contributed by atoms with E-state index in [0.717, 1.165) is 23.7 Å². The molecule has 1 aromatic heterocycles. The predicted molar refractivity (Wildman–Crippen MR) is 128 cm³/mol. The summed E-state index contributed by atoms with van der Waals surface area (Å²) in [6.45, 7) is 7.18. The van der Waals surface area contributed by atoms with Crippen LogP contribution < -0.4 is 10.6 Å². The highest BCUT2D eigenvalue weighted by Crippen LogP contribution is 2.33. The molecule has 0 spiro atoms. The molecule has 2 aromatic carbocycles. The summed E-state index contributed by atoms with van der Waals surface area (Å²) in [6.07, 6.45) is 3.80. The van der Waals surface area contributed by atoms with Crippen molar-refractivity contribution in [3.63, 3.8) is 0 Å². The van der Waals surface area contributed by atoms with Crippen molar-refractivity contribution in [2.75, 3.05) is 13.1 Å². The zero-order valence-corrected chi connectivity index (χ0v) is 19.7. The van der Waals surface area contributed by atoms with Crippen molar-refractivity contribution in [2.45, 2.75) is 45.2 Å². The molecule has 0 radical (unpaired) electrons. The number of carbonyl (C=O) groups is 3. The largest absolute Gasteiger partial charge is 0.338 e. The number of imide groups is 1. The van der Waals surface area contributed by atoms with Crippen LogP contribution in [-0.2, 0) is 10.3 Å². The number of piperidine rings is 1. The highest BCUT2D eigenvalue weighted by atomic mass is 16.2. The second-order valence-electron chi connectivity index (χ2n) is 9.64. The number of urea groups is 1. The van der Waals surface area contributed by atoms with Crippen molar-refractivity contribution in [2.24, 2.45) is 5.92 Å². The first-order valence-corrected chi connectivity index (χ1v) is 11.8. The van der Waals surface area contributed by atoms with Crippen LogP contribution in [0.4, 0.5) is 4.79 Å². The lowest BCUT2D eigenvalue weighted by Gasteiger charge is -2.33. The topological polar surface area (TPSA) is 96.3 Å². The maximum atomic E-state index is 13.1. The van der Waals surface area contributed by atoms with Crippen LogP contribution in [0.2, 0.25) is 0 Å². The second kappa shape index (κ2) is 8.27. The van der Waals surface area contributed by atoms with Gasteiger partial charge in [0.05, 0.1) is 11.6 Å². The molecule has 3 heterocycles. The van der Waals surface area contributed by atoms with Gasteiger partial charge in [-0.15, -0.1) is 0 Å². The third-order valence-electron chi connectivity index (χ3n) is 7.15. The zero-order valence-electron chi connectivity index (χ0n) is 19.7. The van der Waals surface area contributed by atoms with Gasteiger partial charge in [0.1, 0.15) is 5.54 Å². The van der Waals surface area contributed by atoms with E-state index in [1.807, 2.05) is 29.5 Å². The van der Waals surface area contributed by atoms with Gasteiger partial charge in [-0.1, -0.05) is 37.6 Å². The average molecular weight is 460 g/mol. The molecule has 2 fully saturated rings. The first kappa shape index (κ1) is 22.1. The number of benzene rings is 2.